The van der Waals surface area contributed by atoms with E-state index in [9.17, 15) is 0 Å². The molecule has 3 aromatic rings. The molecule has 2 heterocycles. The van der Waals surface area contributed by atoms with Crippen LogP contribution in [0.5, 0.6) is 0 Å². The predicted molar refractivity (Wildman–Crippen MR) is 78.2 cm³/mol. The fourth-order valence-electron chi connectivity index (χ4n) is 2.09. The van der Waals surface area contributed by atoms with E-state index >= 15 is 0 Å². The van der Waals surface area contributed by atoms with Crippen LogP contribution in [0.3, 0.4) is 0 Å². The van der Waals surface area contributed by atoms with E-state index in [-0.39, 0.29) is 0 Å². The molecular formula is C14H16N4S. The first-order valence-corrected chi connectivity index (χ1v) is 7.26. The Labute approximate surface area is 115 Å². The summed E-state index contributed by atoms with van der Waals surface area (Å²) in [6, 6.07) is 8.60. The molecular weight excluding hydrogens is 256 g/mol. The van der Waals surface area contributed by atoms with Gasteiger partial charge in [-0.25, -0.2) is 9.50 Å². The maximum absolute atomic E-state index is 5.57. The summed E-state index contributed by atoms with van der Waals surface area (Å²) in [4.78, 5) is 5.49. The molecule has 0 atom stereocenters. The Bertz CT molecular complexity index is 650. The molecule has 1 aromatic carbocycles. The highest BCUT2D eigenvalue weighted by atomic mass is 32.1. The first kappa shape index (κ1) is 12.3. The number of aromatic nitrogens is 3. The number of imidazole rings is 1. The van der Waals surface area contributed by atoms with Gasteiger partial charge in [0.1, 0.15) is 5.01 Å². The number of hydrogen-bond acceptors (Lipinski definition) is 4. The first-order chi connectivity index (χ1) is 9.30. The van der Waals surface area contributed by atoms with E-state index < -0.39 is 0 Å². The quantitative estimate of drug-likeness (QED) is 0.794. The van der Waals surface area contributed by atoms with Gasteiger partial charge in [-0.1, -0.05) is 48.9 Å². The van der Waals surface area contributed by atoms with Crippen molar-refractivity contribution in [2.24, 2.45) is 5.73 Å². The van der Waals surface area contributed by atoms with Gasteiger partial charge in [0, 0.05) is 12.1 Å². The molecule has 0 unspecified atom stereocenters. The molecule has 0 amide bonds. The molecule has 0 bridgehead atoms. The molecule has 4 nitrogen and oxygen atoms in total. The lowest BCUT2D eigenvalue weighted by Gasteiger charge is -2.00. The third kappa shape index (κ3) is 2.39. The van der Waals surface area contributed by atoms with Gasteiger partial charge in [-0.15, -0.1) is 0 Å². The number of nitrogens with two attached hydrogens (primary N) is 1. The second kappa shape index (κ2) is 5.11. The molecule has 0 aliphatic rings. The molecule has 19 heavy (non-hydrogen) atoms. The summed E-state index contributed by atoms with van der Waals surface area (Å²) < 4.78 is 1.81. The van der Waals surface area contributed by atoms with Crippen LogP contribution in [0.15, 0.2) is 30.5 Å². The van der Waals surface area contributed by atoms with Gasteiger partial charge >= 0.3 is 0 Å². The van der Waals surface area contributed by atoms with Crippen molar-refractivity contribution in [3.63, 3.8) is 0 Å². The zero-order valence-corrected chi connectivity index (χ0v) is 11.7. The van der Waals surface area contributed by atoms with Gasteiger partial charge in [0.15, 0.2) is 0 Å². The normalized spacial score (nSPS) is 11.3. The summed E-state index contributed by atoms with van der Waals surface area (Å²) in [7, 11) is 0. The maximum Gasteiger partial charge on any atom is 0.212 e. The Hall–Kier alpha value is -1.72. The Kier molecular flexibility index (Phi) is 3.31. The van der Waals surface area contributed by atoms with Crippen molar-refractivity contribution in [3.05, 3.63) is 41.0 Å². The van der Waals surface area contributed by atoms with Crippen LogP contribution in [0.25, 0.3) is 16.2 Å². The van der Waals surface area contributed by atoms with E-state index in [0.717, 1.165) is 27.6 Å². The van der Waals surface area contributed by atoms with Gasteiger partial charge < -0.3 is 5.73 Å². The molecule has 0 fully saturated rings. The third-order valence-electron chi connectivity index (χ3n) is 3.05. The van der Waals surface area contributed by atoms with Gasteiger partial charge in [-0.05, 0) is 12.0 Å². The van der Waals surface area contributed by atoms with E-state index in [1.165, 1.54) is 23.3 Å². The van der Waals surface area contributed by atoms with Crippen molar-refractivity contribution in [2.75, 3.05) is 0 Å². The number of rotatable bonds is 4. The van der Waals surface area contributed by atoms with Crippen LogP contribution in [0, 0.1) is 0 Å². The molecule has 0 aliphatic heterocycles. The monoisotopic (exact) mass is 272 g/mol. The third-order valence-corrected chi connectivity index (χ3v) is 3.99. The topological polar surface area (TPSA) is 56.2 Å². The van der Waals surface area contributed by atoms with E-state index in [4.69, 9.17) is 5.73 Å². The van der Waals surface area contributed by atoms with Crippen molar-refractivity contribution in [3.8, 4) is 11.3 Å². The highest BCUT2D eigenvalue weighted by Gasteiger charge is 2.08. The summed E-state index contributed by atoms with van der Waals surface area (Å²) in [5.74, 6) is 0. The fourth-order valence-corrected chi connectivity index (χ4v) is 2.85. The lowest BCUT2D eigenvalue weighted by molar-refractivity contribution is 0.897. The van der Waals surface area contributed by atoms with Crippen LogP contribution < -0.4 is 5.73 Å². The van der Waals surface area contributed by atoms with Gasteiger partial charge in [0.25, 0.3) is 0 Å². The number of hydrogen-bond donors (Lipinski definition) is 1. The Morgan fingerprint density at radius 2 is 2.05 bits per heavy atom. The molecule has 0 saturated heterocycles. The number of nitrogens with zero attached hydrogens (tertiary/aromatic N) is 3. The van der Waals surface area contributed by atoms with Gasteiger partial charge in [-0.2, -0.15) is 5.10 Å². The molecule has 2 aromatic heterocycles. The molecule has 0 aliphatic carbocycles. The van der Waals surface area contributed by atoms with Crippen LogP contribution in [-0.2, 0) is 13.0 Å². The zero-order chi connectivity index (χ0) is 13.2. The van der Waals surface area contributed by atoms with Crippen molar-refractivity contribution in [1.82, 2.24) is 14.6 Å². The average Bonchev–Trinajstić information content (AvgIpc) is 2.97. The molecule has 0 spiro atoms. The van der Waals surface area contributed by atoms with E-state index in [1.54, 1.807) is 0 Å². The largest absolute Gasteiger partial charge is 0.324 e. The minimum absolute atomic E-state index is 0.467. The summed E-state index contributed by atoms with van der Waals surface area (Å²) in [5, 5.41) is 5.28. The second-order valence-electron chi connectivity index (χ2n) is 4.50. The van der Waals surface area contributed by atoms with Crippen molar-refractivity contribution < 1.29 is 0 Å². The molecule has 0 radical (unpaired) electrons. The molecule has 2 N–H and O–H groups in total. The van der Waals surface area contributed by atoms with Gasteiger partial charge in [0.2, 0.25) is 4.96 Å². The molecule has 0 saturated carbocycles. The number of aryl methyl sites for hydroxylation is 1. The van der Waals surface area contributed by atoms with Crippen molar-refractivity contribution in [1.29, 1.82) is 0 Å². The molecule has 3 rings (SSSR count). The molecule has 5 heteroatoms. The number of fused-ring (bicyclic) bond motifs is 1. The minimum atomic E-state index is 0.467. The van der Waals surface area contributed by atoms with Crippen LogP contribution >= 0.6 is 11.3 Å². The van der Waals surface area contributed by atoms with Crippen LogP contribution in [0.1, 0.15) is 23.9 Å². The summed E-state index contributed by atoms with van der Waals surface area (Å²) in [5.41, 5.74) is 9.04. The summed E-state index contributed by atoms with van der Waals surface area (Å²) >= 11 is 1.54. The lowest BCUT2D eigenvalue weighted by atomic mass is 10.1. The minimum Gasteiger partial charge on any atom is -0.324 e. The van der Waals surface area contributed by atoms with E-state index in [2.05, 4.69) is 41.3 Å². The van der Waals surface area contributed by atoms with Crippen molar-refractivity contribution >= 4 is 16.3 Å². The van der Waals surface area contributed by atoms with Crippen LogP contribution in [0.4, 0.5) is 0 Å². The smallest absolute Gasteiger partial charge is 0.212 e. The van der Waals surface area contributed by atoms with Gasteiger partial charge in [0.05, 0.1) is 11.9 Å². The average molecular weight is 272 g/mol. The highest BCUT2D eigenvalue weighted by Crippen LogP contribution is 2.22. The summed E-state index contributed by atoms with van der Waals surface area (Å²) in [6.45, 7) is 2.66. The summed E-state index contributed by atoms with van der Waals surface area (Å²) in [6.07, 6.45) is 4.26. The number of benzene rings is 1. The standard InChI is InChI=1S/C14H16N4S/c1-2-3-10-4-6-11(7-5-10)12-9-18-14(16-12)19-13(8-15)17-18/h4-7,9H,2-3,8,15H2,1H3. The van der Waals surface area contributed by atoms with Gasteiger partial charge in [-0.3, -0.25) is 0 Å². The van der Waals surface area contributed by atoms with E-state index in [1.807, 2.05) is 10.7 Å². The van der Waals surface area contributed by atoms with E-state index in [0.29, 0.717) is 6.54 Å². The molecule has 98 valence electrons. The first-order valence-electron chi connectivity index (χ1n) is 6.44. The lowest BCUT2D eigenvalue weighted by Crippen LogP contribution is -1.95. The Morgan fingerprint density at radius 3 is 2.68 bits per heavy atom. The second-order valence-corrected chi connectivity index (χ2v) is 5.54. The highest BCUT2D eigenvalue weighted by molar-refractivity contribution is 7.16. The zero-order valence-electron chi connectivity index (χ0n) is 10.8. The van der Waals surface area contributed by atoms with Crippen LogP contribution in [-0.4, -0.2) is 14.6 Å². The SMILES string of the molecule is CCCc1ccc(-c2cn3nc(CN)sc3n2)cc1. The predicted octanol–water partition coefficient (Wildman–Crippen LogP) is 2.87. The van der Waals surface area contributed by atoms with Crippen molar-refractivity contribution in [2.45, 2.75) is 26.3 Å². The fraction of sp³-hybridized carbons (Fsp3) is 0.286. The van der Waals surface area contributed by atoms with Crippen LogP contribution in [0.2, 0.25) is 0 Å². The Balaban J connectivity index is 1.92. The maximum atomic E-state index is 5.57. The Morgan fingerprint density at radius 1 is 1.26 bits per heavy atom.